The van der Waals surface area contributed by atoms with E-state index in [1.807, 2.05) is 25.1 Å². The summed E-state index contributed by atoms with van der Waals surface area (Å²) in [5.41, 5.74) is 1.18. The van der Waals surface area contributed by atoms with Crippen LogP contribution in [-0.4, -0.2) is 30.4 Å². The van der Waals surface area contributed by atoms with E-state index >= 15 is 0 Å². The van der Waals surface area contributed by atoms with Crippen molar-refractivity contribution in [3.05, 3.63) is 28.2 Å². The third-order valence-corrected chi connectivity index (χ3v) is 4.39. The molecular weight excluding hydrogens is 318 g/mol. The van der Waals surface area contributed by atoms with Crippen LogP contribution in [0.5, 0.6) is 5.75 Å². The van der Waals surface area contributed by atoms with Crippen LogP contribution in [0.1, 0.15) is 37.7 Å². The van der Waals surface area contributed by atoms with Gasteiger partial charge in [0.05, 0.1) is 4.47 Å². The number of halogens is 1. The van der Waals surface area contributed by atoms with Crippen LogP contribution in [-0.2, 0) is 0 Å². The van der Waals surface area contributed by atoms with Crippen molar-refractivity contribution in [1.82, 2.24) is 5.32 Å². The number of aryl methyl sites for hydroxylation is 1. The van der Waals surface area contributed by atoms with Crippen LogP contribution in [0.2, 0.25) is 0 Å². The number of nitrogens with one attached hydrogen (secondary N) is 1. The molecule has 1 aromatic rings. The van der Waals surface area contributed by atoms with Gasteiger partial charge >= 0.3 is 0 Å². The maximum atomic E-state index is 9.98. The second-order valence-corrected chi connectivity index (χ2v) is 6.50. The summed E-state index contributed by atoms with van der Waals surface area (Å²) in [6.07, 6.45) is 5.96. The molecule has 1 fully saturated rings. The Labute approximate surface area is 129 Å². The molecule has 2 N–H and O–H groups in total. The van der Waals surface area contributed by atoms with Gasteiger partial charge in [-0.15, -0.1) is 0 Å². The highest BCUT2D eigenvalue weighted by Gasteiger charge is 2.14. The zero-order valence-corrected chi connectivity index (χ0v) is 13.7. The van der Waals surface area contributed by atoms with E-state index in [-0.39, 0.29) is 0 Å². The summed E-state index contributed by atoms with van der Waals surface area (Å²) in [4.78, 5) is 0. The quantitative estimate of drug-likeness (QED) is 0.832. The summed E-state index contributed by atoms with van der Waals surface area (Å²) in [7, 11) is 0. The first kappa shape index (κ1) is 15.8. The Morgan fingerprint density at radius 1 is 1.35 bits per heavy atom. The third-order valence-electron chi connectivity index (χ3n) is 3.77. The summed E-state index contributed by atoms with van der Waals surface area (Å²) < 4.78 is 6.59. The van der Waals surface area contributed by atoms with Crippen LogP contribution < -0.4 is 10.1 Å². The zero-order valence-electron chi connectivity index (χ0n) is 12.1. The Morgan fingerprint density at radius 2 is 2.10 bits per heavy atom. The van der Waals surface area contributed by atoms with Gasteiger partial charge in [-0.25, -0.2) is 0 Å². The molecule has 0 radical (unpaired) electrons. The largest absolute Gasteiger partial charge is 0.490 e. The summed E-state index contributed by atoms with van der Waals surface area (Å²) in [5, 5.41) is 13.4. The lowest BCUT2D eigenvalue weighted by atomic mass is 9.95. The van der Waals surface area contributed by atoms with Gasteiger partial charge in [0, 0.05) is 12.6 Å². The molecule has 0 aromatic heterocycles. The van der Waals surface area contributed by atoms with Crippen LogP contribution >= 0.6 is 15.9 Å². The van der Waals surface area contributed by atoms with Gasteiger partial charge in [-0.2, -0.15) is 0 Å². The van der Waals surface area contributed by atoms with Crippen molar-refractivity contribution in [1.29, 1.82) is 0 Å². The number of aliphatic hydroxyl groups excluding tert-OH is 1. The van der Waals surface area contributed by atoms with Gasteiger partial charge in [0.1, 0.15) is 18.5 Å². The van der Waals surface area contributed by atoms with Crippen LogP contribution in [0.25, 0.3) is 0 Å². The molecule has 1 atom stereocenters. The molecule has 2 rings (SSSR count). The summed E-state index contributed by atoms with van der Waals surface area (Å²) in [6, 6.07) is 6.53. The fraction of sp³-hybridized carbons (Fsp3) is 0.625. The molecule has 0 bridgehead atoms. The van der Waals surface area contributed by atoms with E-state index < -0.39 is 6.10 Å². The molecule has 1 aliphatic carbocycles. The molecule has 4 heteroatoms. The van der Waals surface area contributed by atoms with Crippen molar-refractivity contribution in [2.75, 3.05) is 13.2 Å². The third kappa shape index (κ3) is 5.08. The predicted molar refractivity (Wildman–Crippen MR) is 85.3 cm³/mol. The number of aliphatic hydroxyl groups is 1. The minimum Gasteiger partial charge on any atom is -0.490 e. The van der Waals surface area contributed by atoms with Gasteiger partial charge in [0.2, 0.25) is 0 Å². The second kappa shape index (κ2) is 8.01. The molecule has 1 aromatic carbocycles. The molecular formula is C16H24BrNO2. The lowest BCUT2D eigenvalue weighted by Gasteiger charge is -2.24. The van der Waals surface area contributed by atoms with Crippen molar-refractivity contribution in [2.24, 2.45) is 0 Å². The normalized spacial score (nSPS) is 17.9. The maximum Gasteiger partial charge on any atom is 0.133 e. The first-order chi connectivity index (χ1) is 9.65. The molecule has 0 amide bonds. The van der Waals surface area contributed by atoms with Crippen LogP contribution in [0.3, 0.4) is 0 Å². The molecule has 3 nitrogen and oxygen atoms in total. The van der Waals surface area contributed by atoms with E-state index in [1.165, 1.54) is 37.7 Å². The molecule has 1 unspecified atom stereocenters. The van der Waals surface area contributed by atoms with E-state index in [1.54, 1.807) is 0 Å². The number of hydrogen-bond donors (Lipinski definition) is 2. The highest BCUT2D eigenvalue weighted by Crippen LogP contribution is 2.25. The molecule has 1 aliphatic rings. The molecule has 112 valence electrons. The molecule has 0 heterocycles. The molecule has 0 aliphatic heterocycles. The minimum atomic E-state index is -0.467. The SMILES string of the molecule is Cc1ccc(OCC(O)CNC2CCCCC2)c(Br)c1. The van der Waals surface area contributed by atoms with E-state index in [0.717, 1.165) is 10.2 Å². The fourth-order valence-corrected chi connectivity index (χ4v) is 3.18. The topological polar surface area (TPSA) is 41.5 Å². The van der Waals surface area contributed by atoms with Gasteiger partial charge in [0.25, 0.3) is 0 Å². The van der Waals surface area contributed by atoms with Gasteiger partial charge in [-0.1, -0.05) is 25.3 Å². The van der Waals surface area contributed by atoms with E-state index in [2.05, 4.69) is 21.2 Å². The summed E-state index contributed by atoms with van der Waals surface area (Å²) in [6.45, 7) is 2.97. The number of benzene rings is 1. The Bertz CT molecular complexity index is 419. The Kier molecular flexibility index (Phi) is 6.33. The van der Waals surface area contributed by atoms with E-state index in [0.29, 0.717) is 19.2 Å². The van der Waals surface area contributed by atoms with Crippen LogP contribution in [0.4, 0.5) is 0 Å². The lowest BCUT2D eigenvalue weighted by molar-refractivity contribution is 0.101. The highest BCUT2D eigenvalue weighted by atomic mass is 79.9. The maximum absolute atomic E-state index is 9.98. The second-order valence-electron chi connectivity index (χ2n) is 5.64. The van der Waals surface area contributed by atoms with Gasteiger partial charge < -0.3 is 15.2 Å². The molecule has 0 saturated heterocycles. The van der Waals surface area contributed by atoms with Gasteiger partial charge in [-0.05, 0) is 53.4 Å². The van der Waals surface area contributed by atoms with E-state index in [9.17, 15) is 5.11 Å². The summed E-state index contributed by atoms with van der Waals surface area (Å²) >= 11 is 3.48. The van der Waals surface area contributed by atoms with Crippen molar-refractivity contribution in [3.8, 4) is 5.75 Å². The van der Waals surface area contributed by atoms with Gasteiger partial charge in [-0.3, -0.25) is 0 Å². The zero-order chi connectivity index (χ0) is 14.4. The molecule has 20 heavy (non-hydrogen) atoms. The van der Waals surface area contributed by atoms with Crippen molar-refractivity contribution in [2.45, 2.75) is 51.2 Å². The van der Waals surface area contributed by atoms with Crippen LogP contribution in [0.15, 0.2) is 22.7 Å². The average Bonchev–Trinajstić information content (AvgIpc) is 2.45. The Hall–Kier alpha value is -0.580. The number of hydrogen-bond acceptors (Lipinski definition) is 3. The van der Waals surface area contributed by atoms with Crippen LogP contribution in [0, 0.1) is 6.92 Å². The van der Waals surface area contributed by atoms with E-state index in [4.69, 9.17) is 4.74 Å². The number of ether oxygens (including phenoxy) is 1. The van der Waals surface area contributed by atoms with Crippen molar-refractivity contribution in [3.63, 3.8) is 0 Å². The molecule has 0 spiro atoms. The fourth-order valence-electron chi connectivity index (χ4n) is 2.58. The minimum absolute atomic E-state index is 0.321. The smallest absolute Gasteiger partial charge is 0.133 e. The highest BCUT2D eigenvalue weighted by molar-refractivity contribution is 9.10. The lowest BCUT2D eigenvalue weighted by Crippen LogP contribution is -2.38. The first-order valence-corrected chi connectivity index (χ1v) is 8.25. The van der Waals surface area contributed by atoms with Gasteiger partial charge in [0.15, 0.2) is 0 Å². The Balaban J connectivity index is 1.70. The summed E-state index contributed by atoms with van der Waals surface area (Å²) in [5.74, 6) is 0.785. The Morgan fingerprint density at radius 3 is 2.80 bits per heavy atom. The predicted octanol–water partition coefficient (Wildman–Crippen LogP) is 3.42. The monoisotopic (exact) mass is 341 g/mol. The van der Waals surface area contributed by atoms with Crippen molar-refractivity contribution >= 4 is 15.9 Å². The standard InChI is InChI=1S/C16H24BrNO2/c1-12-7-8-16(15(17)9-12)20-11-14(19)10-18-13-5-3-2-4-6-13/h7-9,13-14,18-19H,2-6,10-11H2,1H3. The molecule has 1 saturated carbocycles. The average molecular weight is 342 g/mol. The van der Waals surface area contributed by atoms with Crippen molar-refractivity contribution < 1.29 is 9.84 Å². The number of rotatable bonds is 6. The first-order valence-electron chi connectivity index (χ1n) is 7.45.